The van der Waals surface area contributed by atoms with Crippen molar-refractivity contribution >= 4 is 23.6 Å². The first-order valence-corrected chi connectivity index (χ1v) is 12.8. The van der Waals surface area contributed by atoms with E-state index in [1.807, 2.05) is 80.7 Å². The highest BCUT2D eigenvalue weighted by Gasteiger charge is 2.36. The van der Waals surface area contributed by atoms with Gasteiger partial charge in [-0.15, -0.1) is 0 Å². The van der Waals surface area contributed by atoms with Crippen LogP contribution >= 0.6 is 0 Å². The van der Waals surface area contributed by atoms with Crippen LogP contribution in [0.15, 0.2) is 66.9 Å². The first kappa shape index (κ1) is 26.0. The molecule has 2 heterocycles. The highest BCUT2D eigenvalue weighted by Crippen LogP contribution is 2.42. The number of nitrogens with zero attached hydrogens (tertiary/aromatic N) is 3. The number of fused-ring (bicyclic) bond motifs is 3. The average Bonchev–Trinajstić information content (AvgIpc) is 3.39. The fraction of sp³-hybridized carbons (Fsp3) is 0.345. The Labute approximate surface area is 217 Å². The lowest BCUT2D eigenvalue weighted by Crippen LogP contribution is -2.50. The van der Waals surface area contributed by atoms with Crippen LogP contribution in [0.3, 0.4) is 0 Å². The lowest BCUT2D eigenvalue weighted by molar-refractivity contribution is -0.141. The summed E-state index contributed by atoms with van der Waals surface area (Å²) in [7, 11) is 0. The van der Waals surface area contributed by atoms with Crippen LogP contribution in [-0.4, -0.2) is 53.6 Å². The topological polar surface area (TPSA) is 83.9 Å². The third kappa shape index (κ3) is 5.69. The molecule has 3 amide bonds. The SMILES string of the molecule is CCCCN(CC(=O)N1c2ccccc2-n2cccc2C1c1ccc(C)cc1)C(=O)NCC(=O)OCC. The van der Waals surface area contributed by atoms with Crippen molar-refractivity contribution in [3.63, 3.8) is 0 Å². The van der Waals surface area contributed by atoms with Gasteiger partial charge in [0, 0.05) is 12.7 Å². The number of rotatable bonds is 9. The summed E-state index contributed by atoms with van der Waals surface area (Å²) in [5.41, 5.74) is 4.79. The number of unbranched alkanes of at least 4 members (excludes halogenated alkanes) is 1. The maximum absolute atomic E-state index is 14.1. The molecule has 3 aromatic rings. The molecule has 8 heteroatoms. The lowest BCUT2D eigenvalue weighted by atomic mass is 9.97. The van der Waals surface area contributed by atoms with Gasteiger partial charge in [0.2, 0.25) is 5.91 Å². The minimum Gasteiger partial charge on any atom is -0.465 e. The number of urea groups is 1. The minimum absolute atomic E-state index is 0.119. The van der Waals surface area contributed by atoms with Crippen LogP contribution in [0.5, 0.6) is 0 Å². The second-order valence-corrected chi connectivity index (χ2v) is 9.11. The summed E-state index contributed by atoms with van der Waals surface area (Å²) in [5.74, 6) is -0.712. The lowest BCUT2D eigenvalue weighted by Gasteiger charge is -2.39. The van der Waals surface area contributed by atoms with Crippen molar-refractivity contribution < 1.29 is 19.1 Å². The van der Waals surface area contributed by atoms with Gasteiger partial charge in [-0.1, -0.05) is 55.3 Å². The molecule has 1 aliphatic rings. The van der Waals surface area contributed by atoms with Gasteiger partial charge in [0.25, 0.3) is 0 Å². The summed E-state index contributed by atoms with van der Waals surface area (Å²) in [6, 6.07) is 19.2. The van der Waals surface area contributed by atoms with Crippen molar-refractivity contribution in [2.45, 2.75) is 39.7 Å². The fourth-order valence-corrected chi connectivity index (χ4v) is 4.64. The number of esters is 1. The first-order valence-electron chi connectivity index (χ1n) is 12.8. The molecule has 1 atom stereocenters. The summed E-state index contributed by atoms with van der Waals surface area (Å²) in [4.78, 5) is 42.1. The van der Waals surface area contributed by atoms with Gasteiger partial charge >= 0.3 is 12.0 Å². The number of carbonyl (C=O) groups excluding carboxylic acids is 3. The number of para-hydroxylation sites is 2. The Kier molecular flexibility index (Phi) is 8.28. The number of hydrogen-bond donors (Lipinski definition) is 1. The molecule has 37 heavy (non-hydrogen) atoms. The molecule has 0 fully saturated rings. The van der Waals surface area contributed by atoms with Crippen LogP contribution in [0.4, 0.5) is 10.5 Å². The van der Waals surface area contributed by atoms with Crippen LogP contribution < -0.4 is 10.2 Å². The Morgan fingerprint density at radius 1 is 0.973 bits per heavy atom. The van der Waals surface area contributed by atoms with Gasteiger partial charge in [0.1, 0.15) is 19.1 Å². The minimum atomic E-state index is -0.511. The largest absolute Gasteiger partial charge is 0.465 e. The number of anilines is 1. The molecule has 0 saturated heterocycles. The van der Waals surface area contributed by atoms with E-state index in [1.165, 1.54) is 4.90 Å². The summed E-state index contributed by atoms with van der Waals surface area (Å²) >= 11 is 0. The van der Waals surface area contributed by atoms with E-state index >= 15 is 0 Å². The predicted octanol–water partition coefficient (Wildman–Crippen LogP) is 4.60. The van der Waals surface area contributed by atoms with E-state index in [2.05, 4.69) is 9.88 Å². The van der Waals surface area contributed by atoms with E-state index in [1.54, 1.807) is 11.8 Å². The van der Waals surface area contributed by atoms with Gasteiger partial charge in [0.05, 0.1) is 23.7 Å². The molecular weight excluding hydrogens is 468 g/mol. The number of carbonyl (C=O) groups is 3. The third-order valence-electron chi connectivity index (χ3n) is 6.47. The monoisotopic (exact) mass is 502 g/mol. The number of aromatic nitrogens is 1. The van der Waals surface area contributed by atoms with Crippen molar-refractivity contribution in [3.05, 3.63) is 83.7 Å². The molecule has 4 rings (SSSR count). The zero-order valence-electron chi connectivity index (χ0n) is 21.6. The second-order valence-electron chi connectivity index (χ2n) is 9.11. The van der Waals surface area contributed by atoms with Crippen molar-refractivity contribution in [3.8, 4) is 5.69 Å². The Balaban J connectivity index is 1.67. The maximum atomic E-state index is 14.1. The first-order chi connectivity index (χ1) is 17.9. The molecule has 0 spiro atoms. The highest BCUT2D eigenvalue weighted by atomic mass is 16.5. The average molecular weight is 503 g/mol. The normalized spacial score (nSPS) is 13.9. The van der Waals surface area contributed by atoms with E-state index in [0.717, 1.165) is 41.0 Å². The van der Waals surface area contributed by atoms with Crippen LogP contribution in [0.25, 0.3) is 5.69 Å². The highest BCUT2D eigenvalue weighted by molar-refractivity contribution is 6.00. The Hall–Kier alpha value is -4.07. The van der Waals surface area contributed by atoms with E-state index in [-0.39, 0.29) is 31.6 Å². The zero-order chi connectivity index (χ0) is 26.4. The molecule has 1 aliphatic heterocycles. The van der Waals surface area contributed by atoms with E-state index < -0.39 is 12.0 Å². The second kappa shape index (κ2) is 11.8. The maximum Gasteiger partial charge on any atom is 0.325 e. The van der Waals surface area contributed by atoms with E-state index in [0.29, 0.717) is 6.54 Å². The van der Waals surface area contributed by atoms with Gasteiger partial charge in [-0.3, -0.25) is 14.5 Å². The summed E-state index contributed by atoms with van der Waals surface area (Å²) in [6.07, 6.45) is 3.61. The van der Waals surface area contributed by atoms with Gasteiger partial charge in [-0.25, -0.2) is 4.79 Å². The molecule has 0 radical (unpaired) electrons. The molecule has 1 aromatic heterocycles. The molecule has 0 aliphatic carbocycles. The van der Waals surface area contributed by atoms with Crippen LogP contribution in [0, 0.1) is 6.92 Å². The molecule has 1 N–H and O–H groups in total. The van der Waals surface area contributed by atoms with E-state index in [9.17, 15) is 14.4 Å². The van der Waals surface area contributed by atoms with Crippen molar-refractivity contribution in [1.29, 1.82) is 0 Å². The van der Waals surface area contributed by atoms with Gasteiger partial charge in [-0.05, 0) is 50.1 Å². The zero-order valence-corrected chi connectivity index (χ0v) is 21.6. The van der Waals surface area contributed by atoms with Crippen LogP contribution in [0.1, 0.15) is 49.6 Å². The molecule has 2 aromatic carbocycles. The number of amides is 3. The van der Waals surface area contributed by atoms with Crippen molar-refractivity contribution in [1.82, 2.24) is 14.8 Å². The third-order valence-corrected chi connectivity index (χ3v) is 6.47. The van der Waals surface area contributed by atoms with Crippen molar-refractivity contribution in [2.24, 2.45) is 0 Å². The Bertz CT molecular complexity index is 1250. The fourth-order valence-electron chi connectivity index (χ4n) is 4.64. The molecular formula is C29H34N4O4. The van der Waals surface area contributed by atoms with E-state index in [4.69, 9.17) is 4.74 Å². The van der Waals surface area contributed by atoms with Crippen molar-refractivity contribution in [2.75, 3.05) is 31.1 Å². The molecule has 0 saturated carbocycles. The Morgan fingerprint density at radius 3 is 2.41 bits per heavy atom. The standard InChI is InChI=1S/C29H34N4O4/c1-4-6-17-31(29(36)30-19-27(35)37-5-2)20-26(34)33-24-11-8-7-10-23(24)32-18-9-12-25(32)28(33)22-15-13-21(3)14-16-22/h7-16,18,28H,4-6,17,19-20H2,1-3H3,(H,30,36). The molecule has 1 unspecified atom stereocenters. The Morgan fingerprint density at radius 2 is 1.70 bits per heavy atom. The summed E-state index contributed by atoms with van der Waals surface area (Å²) in [6.45, 7) is 6.05. The smallest absolute Gasteiger partial charge is 0.325 e. The molecule has 194 valence electrons. The van der Waals surface area contributed by atoms with Gasteiger partial charge < -0.3 is 19.5 Å². The summed E-state index contributed by atoms with van der Waals surface area (Å²) in [5, 5.41) is 2.60. The van der Waals surface area contributed by atoms with Gasteiger partial charge in [-0.2, -0.15) is 0 Å². The van der Waals surface area contributed by atoms with Gasteiger partial charge in [0.15, 0.2) is 0 Å². The quantitative estimate of drug-likeness (QED) is 0.434. The molecule has 0 bridgehead atoms. The number of nitrogens with one attached hydrogen (secondary N) is 1. The number of ether oxygens (including phenoxy) is 1. The number of aryl methyl sites for hydroxylation is 1. The predicted molar refractivity (Wildman–Crippen MR) is 143 cm³/mol. The van der Waals surface area contributed by atoms with Crippen LogP contribution in [-0.2, 0) is 14.3 Å². The number of hydrogen-bond acceptors (Lipinski definition) is 4. The van der Waals surface area contributed by atoms with Crippen LogP contribution in [0.2, 0.25) is 0 Å². The number of benzene rings is 2. The molecule has 8 nitrogen and oxygen atoms in total. The summed E-state index contributed by atoms with van der Waals surface area (Å²) < 4.78 is 7.03.